The van der Waals surface area contributed by atoms with Crippen LogP contribution in [0.15, 0.2) is 54.6 Å². The second kappa shape index (κ2) is 6.71. The maximum atomic E-state index is 10.3. The van der Waals surface area contributed by atoms with E-state index in [-0.39, 0.29) is 6.04 Å². The van der Waals surface area contributed by atoms with Gasteiger partial charge in [0.2, 0.25) is 0 Å². The fourth-order valence-corrected chi connectivity index (χ4v) is 2.27. The Morgan fingerprint density at radius 3 is 2.37 bits per heavy atom. The average Bonchev–Trinajstić information content (AvgIpc) is 2.46. The number of benzene rings is 2. The zero-order valence-corrected chi connectivity index (χ0v) is 11.7. The number of aliphatic hydroxyl groups is 1. The summed E-state index contributed by atoms with van der Waals surface area (Å²) >= 11 is 6.12. The molecule has 0 aromatic heterocycles. The SMILES string of the molecule is C[C@@H]([NH2+]Cc1ccccc1Cl)[C@@H](O)c1ccccc1. The Hall–Kier alpha value is -1.35. The van der Waals surface area contributed by atoms with E-state index < -0.39 is 6.10 Å². The molecule has 3 heteroatoms. The third-order valence-corrected chi connectivity index (χ3v) is 3.68. The molecule has 0 fully saturated rings. The maximum absolute atomic E-state index is 10.3. The highest BCUT2D eigenvalue weighted by Crippen LogP contribution is 2.15. The Balaban J connectivity index is 1.95. The maximum Gasteiger partial charge on any atom is 0.130 e. The van der Waals surface area contributed by atoms with Crippen LogP contribution in [0.4, 0.5) is 0 Å². The predicted molar refractivity (Wildman–Crippen MR) is 77.9 cm³/mol. The van der Waals surface area contributed by atoms with Crippen molar-refractivity contribution >= 4 is 11.6 Å². The number of rotatable bonds is 5. The minimum Gasteiger partial charge on any atom is -0.382 e. The van der Waals surface area contributed by atoms with Crippen molar-refractivity contribution in [2.75, 3.05) is 0 Å². The Kier molecular flexibility index (Phi) is 4.97. The summed E-state index contributed by atoms with van der Waals surface area (Å²) in [6.07, 6.45) is -0.469. The summed E-state index contributed by atoms with van der Waals surface area (Å²) in [4.78, 5) is 0. The fraction of sp³-hybridized carbons (Fsp3) is 0.250. The molecule has 100 valence electrons. The van der Waals surface area contributed by atoms with Gasteiger partial charge >= 0.3 is 0 Å². The number of quaternary nitrogens is 1. The number of nitrogens with two attached hydrogens (primary N) is 1. The lowest BCUT2D eigenvalue weighted by Gasteiger charge is -2.18. The van der Waals surface area contributed by atoms with Gasteiger partial charge in [0.15, 0.2) is 0 Å². The van der Waals surface area contributed by atoms with E-state index in [1.165, 1.54) is 0 Å². The molecule has 0 saturated carbocycles. The molecule has 0 amide bonds. The lowest BCUT2D eigenvalue weighted by molar-refractivity contribution is -0.709. The van der Waals surface area contributed by atoms with Crippen molar-refractivity contribution < 1.29 is 10.4 Å². The molecular weight excluding hydrogens is 258 g/mol. The van der Waals surface area contributed by atoms with E-state index >= 15 is 0 Å². The van der Waals surface area contributed by atoms with Gasteiger partial charge in [0.25, 0.3) is 0 Å². The van der Waals surface area contributed by atoms with Gasteiger partial charge in [0.05, 0.1) is 0 Å². The van der Waals surface area contributed by atoms with Crippen LogP contribution >= 0.6 is 11.6 Å². The molecule has 2 aromatic rings. The molecule has 0 spiro atoms. The zero-order valence-electron chi connectivity index (χ0n) is 11.0. The first-order valence-corrected chi connectivity index (χ1v) is 6.86. The van der Waals surface area contributed by atoms with Gasteiger partial charge in [-0.2, -0.15) is 0 Å². The molecule has 0 bridgehead atoms. The first kappa shape index (κ1) is 14.1. The number of halogens is 1. The van der Waals surface area contributed by atoms with E-state index in [2.05, 4.69) is 5.32 Å². The van der Waals surface area contributed by atoms with Gasteiger partial charge in [-0.25, -0.2) is 0 Å². The smallest absolute Gasteiger partial charge is 0.130 e. The summed E-state index contributed by atoms with van der Waals surface area (Å²) in [7, 11) is 0. The number of aliphatic hydroxyl groups excluding tert-OH is 1. The van der Waals surface area contributed by atoms with E-state index in [0.29, 0.717) is 0 Å². The molecule has 0 aliphatic carbocycles. The third-order valence-electron chi connectivity index (χ3n) is 3.31. The topological polar surface area (TPSA) is 36.8 Å². The average molecular weight is 277 g/mol. The third kappa shape index (κ3) is 3.80. The number of hydrogen-bond donors (Lipinski definition) is 2. The number of hydrogen-bond acceptors (Lipinski definition) is 1. The molecule has 2 rings (SSSR count). The summed E-state index contributed by atoms with van der Waals surface area (Å²) in [5.74, 6) is 0. The molecule has 0 saturated heterocycles. The second-order valence-electron chi connectivity index (χ2n) is 4.75. The fourth-order valence-electron chi connectivity index (χ4n) is 2.06. The van der Waals surface area contributed by atoms with E-state index in [9.17, 15) is 5.11 Å². The largest absolute Gasteiger partial charge is 0.382 e. The van der Waals surface area contributed by atoms with Crippen molar-refractivity contribution in [2.24, 2.45) is 0 Å². The van der Waals surface area contributed by atoms with Gasteiger partial charge in [-0.15, -0.1) is 0 Å². The summed E-state index contributed by atoms with van der Waals surface area (Å²) in [5.41, 5.74) is 2.04. The zero-order chi connectivity index (χ0) is 13.7. The lowest BCUT2D eigenvalue weighted by Crippen LogP contribution is -2.89. The van der Waals surface area contributed by atoms with Crippen molar-refractivity contribution in [2.45, 2.75) is 25.6 Å². The predicted octanol–water partition coefficient (Wildman–Crippen LogP) is 2.53. The summed E-state index contributed by atoms with van der Waals surface area (Å²) in [6, 6.07) is 17.6. The van der Waals surface area contributed by atoms with Crippen LogP contribution < -0.4 is 5.32 Å². The van der Waals surface area contributed by atoms with Crippen molar-refractivity contribution in [3.8, 4) is 0 Å². The minimum absolute atomic E-state index is 0.0821. The van der Waals surface area contributed by atoms with Crippen molar-refractivity contribution in [3.63, 3.8) is 0 Å². The molecule has 0 aliphatic heterocycles. The van der Waals surface area contributed by atoms with Crippen LogP contribution in [0, 0.1) is 0 Å². The van der Waals surface area contributed by atoms with Crippen molar-refractivity contribution in [1.82, 2.24) is 0 Å². The summed E-state index contributed by atoms with van der Waals surface area (Å²) < 4.78 is 0. The highest BCUT2D eigenvalue weighted by Gasteiger charge is 2.19. The molecule has 2 nitrogen and oxygen atoms in total. The Labute approximate surface area is 119 Å². The van der Waals surface area contributed by atoms with Crippen LogP contribution in [0.25, 0.3) is 0 Å². The van der Waals surface area contributed by atoms with Crippen LogP contribution in [-0.2, 0) is 6.54 Å². The molecule has 2 aromatic carbocycles. The highest BCUT2D eigenvalue weighted by atomic mass is 35.5. The first-order chi connectivity index (χ1) is 9.18. The molecule has 3 N–H and O–H groups in total. The highest BCUT2D eigenvalue weighted by molar-refractivity contribution is 6.31. The normalized spacial score (nSPS) is 14.1. The van der Waals surface area contributed by atoms with Gasteiger partial charge in [-0.1, -0.05) is 60.1 Å². The first-order valence-electron chi connectivity index (χ1n) is 6.48. The minimum atomic E-state index is -0.469. The molecule has 0 heterocycles. The standard InChI is InChI=1S/C16H18ClNO/c1-12(16(19)13-7-3-2-4-8-13)18-11-14-9-5-6-10-15(14)17/h2-10,12,16,18-19H,11H2,1H3/p+1/t12-,16-/m1/s1. The molecule has 19 heavy (non-hydrogen) atoms. The van der Waals surface area contributed by atoms with E-state index in [1.807, 2.05) is 61.5 Å². The van der Waals surface area contributed by atoms with Gasteiger partial charge in [0.1, 0.15) is 18.7 Å². The second-order valence-corrected chi connectivity index (χ2v) is 5.15. The van der Waals surface area contributed by atoms with E-state index in [4.69, 9.17) is 11.6 Å². The van der Waals surface area contributed by atoms with Gasteiger partial charge in [0, 0.05) is 10.6 Å². The monoisotopic (exact) mass is 276 g/mol. The Morgan fingerprint density at radius 1 is 1.05 bits per heavy atom. The molecule has 0 aliphatic rings. The van der Waals surface area contributed by atoms with Gasteiger partial charge in [-0.3, -0.25) is 0 Å². The Bertz CT molecular complexity index is 515. The van der Waals surface area contributed by atoms with E-state index in [0.717, 1.165) is 22.7 Å². The van der Waals surface area contributed by atoms with Crippen LogP contribution in [0.3, 0.4) is 0 Å². The van der Waals surface area contributed by atoms with E-state index in [1.54, 1.807) is 0 Å². The lowest BCUT2D eigenvalue weighted by atomic mass is 10.0. The summed E-state index contributed by atoms with van der Waals surface area (Å²) in [6.45, 7) is 2.79. The summed E-state index contributed by atoms with van der Waals surface area (Å²) in [5, 5.41) is 13.2. The van der Waals surface area contributed by atoms with Gasteiger partial charge in [-0.05, 0) is 18.6 Å². The van der Waals surface area contributed by atoms with Crippen LogP contribution in [0.1, 0.15) is 24.2 Å². The quantitative estimate of drug-likeness (QED) is 0.865. The van der Waals surface area contributed by atoms with Crippen LogP contribution in [0.5, 0.6) is 0 Å². The molecule has 0 unspecified atom stereocenters. The van der Waals surface area contributed by atoms with Crippen molar-refractivity contribution in [3.05, 3.63) is 70.7 Å². The van der Waals surface area contributed by atoms with Crippen molar-refractivity contribution in [1.29, 1.82) is 0 Å². The molecule has 0 radical (unpaired) electrons. The molecule has 2 atom stereocenters. The van der Waals surface area contributed by atoms with Crippen LogP contribution in [-0.4, -0.2) is 11.1 Å². The van der Waals surface area contributed by atoms with Gasteiger partial charge < -0.3 is 10.4 Å². The Morgan fingerprint density at radius 2 is 1.68 bits per heavy atom. The molecular formula is C16H19ClNO+. The van der Waals surface area contributed by atoms with Crippen LogP contribution in [0.2, 0.25) is 5.02 Å².